The largest absolute Gasteiger partial charge is 0.480 e. The van der Waals surface area contributed by atoms with Crippen LogP contribution in [-0.4, -0.2) is 31.8 Å². The van der Waals surface area contributed by atoms with Crippen LogP contribution in [0.5, 0.6) is 0 Å². The first kappa shape index (κ1) is 18.5. The van der Waals surface area contributed by atoms with Gasteiger partial charge < -0.3 is 19.2 Å². The van der Waals surface area contributed by atoms with E-state index in [9.17, 15) is 15.0 Å². The van der Waals surface area contributed by atoms with E-state index < -0.39 is 18.1 Å². The molecular formula is C21H20N2O4. The number of oxazole rings is 1. The Hall–Kier alpha value is -3.30. The molecule has 2 heterocycles. The van der Waals surface area contributed by atoms with Crippen molar-refractivity contribution in [3.05, 3.63) is 66.8 Å². The van der Waals surface area contributed by atoms with Crippen molar-refractivity contribution in [3.8, 4) is 23.3 Å². The molecule has 0 aliphatic rings. The van der Waals surface area contributed by atoms with E-state index in [1.54, 1.807) is 35.4 Å². The van der Waals surface area contributed by atoms with Crippen LogP contribution < -0.4 is 0 Å². The number of aliphatic hydroxyl groups is 1. The van der Waals surface area contributed by atoms with E-state index in [1.165, 1.54) is 0 Å². The molecule has 6 nitrogen and oxygen atoms in total. The lowest BCUT2D eigenvalue weighted by Crippen LogP contribution is -2.17. The molecule has 27 heavy (non-hydrogen) atoms. The highest BCUT2D eigenvalue weighted by Gasteiger charge is 2.17. The maximum Gasteiger partial charge on any atom is 0.327 e. The molecular weight excluding hydrogens is 344 g/mol. The summed E-state index contributed by atoms with van der Waals surface area (Å²) < 4.78 is 7.05. The van der Waals surface area contributed by atoms with Gasteiger partial charge >= 0.3 is 5.97 Å². The van der Waals surface area contributed by atoms with Crippen molar-refractivity contribution in [2.75, 3.05) is 0 Å². The smallest absolute Gasteiger partial charge is 0.327 e. The third-order valence-corrected chi connectivity index (χ3v) is 4.08. The van der Waals surface area contributed by atoms with Gasteiger partial charge in [0.2, 0.25) is 5.89 Å². The van der Waals surface area contributed by atoms with Crippen molar-refractivity contribution in [3.63, 3.8) is 0 Å². The summed E-state index contributed by atoms with van der Waals surface area (Å²) in [6, 6.07) is 12.4. The summed E-state index contributed by atoms with van der Waals surface area (Å²) in [5.41, 5.74) is 1.64. The Kier molecular flexibility index (Phi) is 6.08. The molecule has 0 aliphatic carbocycles. The maximum absolute atomic E-state index is 11.3. The molecule has 0 radical (unpaired) electrons. The van der Waals surface area contributed by atoms with Gasteiger partial charge in [0.15, 0.2) is 0 Å². The standard InChI is InChI=1S/C21H20N2O4/c24-18(9-6-10-19(21(25)26)23-13-4-5-14-23)12-11-17-15-27-20(22-17)16-7-2-1-3-8-16/h1-5,7-8,13-15,18-19,24H,10-12H2,(H,25,26)/t18?,19-/m0/s1. The summed E-state index contributed by atoms with van der Waals surface area (Å²) in [7, 11) is 0. The van der Waals surface area contributed by atoms with E-state index in [-0.39, 0.29) is 6.42 Å². The molecule has 0 fully saturated rings. The van der Waals surface area contributed by atoms with Crippen LogP contribution in [0.3, 0.4) is 0 Å². The van der Waals surface area contributed by atoms with Crippen LogP contribution in [0.2, 0.25) is 0 Å². The number of rotatable bonds is 7. The topological polar surface area (TPSA) is 88.5 Å². The Bertz CT molecular complexity index is 920. The second-order valence-electron chi connectivity index (χ2n) is 6.07. The number of carboxylic acids is 1. The Morgan fingerprint density at radius 3 is 2.63 bits per heavy atom. The molecule has 0 aliphatic heterocycles. The normalized spacial score (nSPS) is 12.8. The number of benzene rings is 1. The average Bonchev–Trinajstić information content (AvgIpc) is 3.36. The van der Waals surface area contributed by atoms with Crippen LogP contribution >= 0.6 is 0 Å². The second-order valence-corrected chi connectivity index (χ2v) is 6.07. The van der Waals surface area contributed by atoms with Gasteiger partial charge in [-0.25, -0.2) is 9.78 Å². The molecule has 138 valence electrons. The highest BCUT2D eigenvalue weighted by Crippen LogP contribution is 2.18. The number of aryl methyl sites for hydroxylation is 1. The van der Waals surface area contributed by atoms with Gasteiger partial charge in [-0.3, -0.25) is 0 Å². The number of nitrogens with zero attached hydrogens (tertiary/aromatic N) is 2. The summed E-state index contributed by atoms with van der Waals surface area (Å²) in [4.78, 5) is 15.7. The van der Waals surface area contributed by atoms with Gasteiger partial charge in [-0.05, 0) is 37.1 Å². The molecule has 0 amide bonds. The third kappa shape index (κ3) is 5.09. The Balaban J connectivity index is 1.52. The zero-order valence-electron chi connectivity index (χ0n) is 14.7. The first-order chi connectivity index (χ1) is 13.1. The summed E-state index contributed by atoms with van der Waals surface area (Å²) in [5.74, 6) is 5.08. The van der Waals surface area contributed by atoms with Gasteiger partial charge in [0.1, 0.15) is 18.4 Å². The van der Waals surface area contributed by atoms with Gasteiger partial charge in [0.25, 0.3) is 0 Å². The molecule has 2 N–H and O–H groups in total. The van der Waals surface area contributed by atoms with Crippen LogP contribution in [0.4, 0.5) is 0 Å². The number of carbonyl (C=O) groups is 1. The van der Waals surface area contributed by atoms with Crippen LogP contribution in [0.1, 0.15) is 24.6 Å². The third-order valence-electron chi connectivity index (χ3n) is 4.08. The number of aliphatic hydroxyl groups excluding tert-OH is 1. The fourth-order valence-corrected chi connectivity index (χ4v) is 2.64. The van der Waals surface area contributed by atoms with Gasteiger partial charge in [0.05, 0.1) is 5.69 Å². The molecule has 1 aromatic carbocycles. The Morgan fingerprint density at radius 1 is 1.19 bits per heavy atom. The Morgan fingerprint density at radius 2 is 1.93 bits per heavy atom. The minimum Gasteiger partial charge on any atom is -0.480 e. The van der Waals surface area contributed by atoms with Crippen LogP contribution in [-0.2, 0) is 11.2 Å². The maximum atomic E-state index is 11.3. The fourth-order valence-electron chi connectivity index (χ4n) is 2.64. The highest BCUT2D eigenvalue weighted by molar-refractivity contribution is 5.72. The zero-order valence-corrected chi connectivity index (χ0v) is 14.7. The molecule has 2 atom stereocenters. The van der Waals surface area contributed by atoms with Crippen molar-refractivity contribution in [2.45, 2.75) is 31.4 Å². The number of hydrogen-bond acceptors (Lipinski definition) is 4. The Labute approximate surface area is 157 Å². The summed E-state index contributed by atoms with van der Waals surface area (Å²) >= 11 is 0. The molecule has 1 unspecified atom stereocenters. The second kappa shape index (κ2) is 8.88. The molecule has 2 aromatic heterocycles. The molecule has 0 saturated heterocycles. The predicted octanol–water partition coefficient (Wildman–Crippen LogP) is 3.16. The van der Waals surface area contributed by atoms with E-state index in [2.05, 4.69) is 16.8 Å². The number of hydrogen-bond donors (Lipinski definition) is 2. The van der Waals surface area contributed by atoms with Gasteiger partial charge in [-0.1, -0.05) is 30.0 Å². The van der Waals surface area contributed by atoms with E-state index in [0.717, 1.165) is 11.3 Å². The average molecular weight is 364 g/mol. The zero-order chi connectivity index (χ0) is 19.1. The van der Waals surface area contributed by atoms with Crippen molar-refractivity contribution < 1.29 is 19.4 Å². The molecule has 0 spiro atoms. The summed E-state index contributed by atoms with van der Waals surface area (Å²) in [5, 5.41) is 19.3. The number of aromatic nitrogens is 2. The van der Waals surface area contributed by atoms with E-state index >= 15 is 0 Å². The molecule has 3 rings (SSSR count). The van der Waals surface area contributed by atoms with Gasteiger partial charge in [-0.15, -0.1) is 0 Å². The van der Waals surface area contributed by atoms with Gasteiger partial charge in [-0.2, -0.15) is 0 Å². The molecule has 0 saturated carbocycles. The number of carboxylic acid groups (broad SMARTS) is 1. The van der Waals surface area contributed by atoms with Crippen molar-refractivity contribution in [2.24, 2.45) is 0 Å². The lowest BCUT2D eigenvalue weighted by atomic mass is 10.1. The van der Waals surface area contributed by atoms with Gasteiger partial charge in [0, 0.05) is 24.4 Å². The summed E-state index contributed by atoms with van der Waals surface area (Å²) in [6.07, 6.45) is 5.15. The van der Waals surface area contributed by atoms with E-state index in [0.29, 0.717) is 18.7 Å². The van der Waals surface area contributed by atoms with Crippen LogP contribution in [0, 0.1) is 11.8 Å². The lowest BCUT2D eigenvalue weighted by molar-refractivity contribution is -0.140. The van der Waals surface area contributed by atoms with E-state index in [4.69, 9.17) is 4.42 Å². The van der Waals surface area contributed by atoms with Crippen molar-refractivity contribution >= 4 is 5.97 Å². The number of aliphatic carboxylic acids is 1. The quantitative estimate of drug-likeness (QED) is 0.629. The predicted molar refractivity (Wildman–Crippen MR) is 99.8 cm³/mol. The minimum absolute atomic E-state index is 0.128. The molecule has 0 bridgehead atoms. The highest BCUT2D eigenvalue weighted by atomic mass is 16.4. The lowest BCUT2D eigenvalue weighted by Gasteiger charge is -2.10. The summed E-state index contributed by atoms with van der Waals surface area (Å²) in [6.45, 7) is 0. The van der Waals surface area contributed by atoms with Crippen molar-refractivity contribution in [1.29, 1.82) is 0 Å². The molecule has 3 aromatic rings. The first-order valence-electron chi connectivity index (χ1n) is 8.65. The fraction of sp³-hybridized carbons (Fsp3) is 0.238. The first-order valence-corrected chi connectivity index (χ1v) is 8.65. The van der Waals surface area contributed by atoms with E-state index in [1.807, 2.05) is 30.3 Å². The molecule has 6 heteroatoms. The van der Waals surface area contributed by atoms with Crippen molar-refractivity contribution in [1.82, 2.24) is 9.55 Å². The monoisotopic (exact) mass is 364 g/mol. The van der Waals surface area contributed by atoms with Crippen LogP contribution in [0.15, 0.2) is 65.5 Å². The SMILES string of the molecule is O=C(O)[C@H](CC#CC(O)CCc1coc(-c2ccccc2)n1)n1cccc1. The minimum atomic E-state index is -0.953. The van der Waals surface area contributed by atoms with Crippen LogP contribution in [0.25, 0.3) is 11.5 Å².